The molecule has 0 saturated carbocycles. The fourth-order valence-corrected chi connectivity index (χ4v) is 4.43. The first-order chi connectivity index (χ1) is 14.1. The molecule has 0 unspecified atom stereocenters. The van der Waals surface area contributed by atoms with E-state index in [9.17, 15) is 0 Å². The number of aromatic nitrogens is 3. The minimum atomic E-state index is 0.730. The fourth-order valence-electron chi connectivity index (χ4n) is 3.17. The Balaban J connectivity index is 1.70. The molecule has 4 rings (SSSR count). The number of hydrogen-bond acceptors (Lipinski definition) is 3. The van der Waals surface area contributed by atoms with Gasteiger partial charge >= 0.3 is 0 Å². The second kappa shape index (κ2) is 8.85. The first kappa shape index (κ1) is 19.7. The molecule has 0 fully saturated rings. The average molecular weight is 420 g/mol. The highest BCUT2D eigenvalue weighted by molar-refractivity contribution is 7.98. The smallest absolute Gasteiger partial charge is 0.196 e. The Morgan fingerprint density at radius 3 is 2.38 bits per heavy atom. The van der Waals surface area contributed by atoms with Crippen LogP contribution in [0.4, 0.5) is 0 Å². The van der Waals surface area contributed by atoms with E-state index in [1.165, 1.54) is 16.7 Å². The highest BCUT2D eigenvalue weighted by Gasteiger charge is 2.16. The van der Waals surface area contributed by atoms with Gasteiger partial charge in [0.1, 0.15) is 5.82 Å². The highest BCUT2D eigenvalue weighted by atomic mass is 35.5. The van der Waals surface area contributed by atoms with Gasteiger partial charge in [-0.25, -0.2) is 0 Å². The number of thioether (sulfide) groups is 1. The summed E-state index contributed by atoms with van der Waals surface area (Å²) < 4.78 is 2.17. The zero-order chi connectivity index (χ0) is 20.2. The van der Waals surface area contributed by atoms with E-state index in [1.54, 1.807) is 11.8 Å². The van der Waals surface area contributed by atoms with E-state index in [4.69, 9.17) is 11.6 Å². The second-order valence-electron chi connectivity index (χ2n) is 7.05. The quantitative estimate of drug-likeness (QED) is 0.338. The van der Waals surface area contributed by atoms with Crippen molar-refractivity contribution >= 4 is 23.4 Å². The molecule has 0 N–H and O–H groups in total. The first-order valence-corrected chi connectivity index (χ1v) is 10.9. The summed E-state index contributed by atoms with van der Waals surface area (Å²) in [5.74, 6) is 1.68. The minimum Gasteiger partial charge on any atom is -0.274 e. The molecular weight excluding hydrogens is 398 g/mol. The van der Waals surface area contributed by atoms with Gasteiger partial charge < -0.3 is 0 Å². The molecule has 0 spiro atoms. The van der Waals surface area contributed by atoms with Crippen LogP contribution in [0.3, 0.4) is 0 Å². The highest BCUT2D eigenvalue weighted by Crippen LogP contribution is 2.29. The number of benzene rings is 3. The molecule has 0 bridgehead atoms. The zero-order valence-electron chi connectivity index (χ0n) is 16.5. The molecule has 0 aliphatic rings. The van der Waals surface area contributed by atoms with Crippen molar-refractivity contribution in [2.24, 2.45) is 0 Å². The van der Waals surface area contributed by atoms with Crippen molar-refractivity contribution in [3.8, 4) is 5.69 Å². The predicted octanol–water partition coefficient (Wildman–Crippen LogP) is 6.42. The molecular formula is C24H22ClN3S. The Morgan fingerprint density at radius 2 is 1.62 bits per heavy atom. The molecule has 0 saturated heterocycles. The van der Waals surface area contributed by atoms with Gasteiger partial charge in [-0.15, -0.1) is 10.2 Å². The van der Waals surface area contributed by atoms with Gasteiger partial charge in [0.25, 0.3) is 0 Å². The van der Waals surface area contributed by atoms with Crippen LogP contribution >= 0.6 is 23.4 Å². The maximum atomic E-state index is 6.34. The third-order valence-corrected chi connectivity index (χ3v) is 6.32. The van der Waals surface area contributed by atoms with Crippen molar-refractivity contribution in [2.45, 2.75) is 31.2 Å². The molecule has 1 heterocycles. The van der Waals surface area contributed by atoms with E-state index in [-0.39, 0.29) is 0 Å². The number of aryl methyl sites for hydroxylation is 2. The molecule has 1 aromatic heterocycles. The van der Waals surface area contributed by atoms with Crippen LogP contribution in [0.2, 0.25) is 5.02 Å². The third-order valence-electron chi connectivity index (χ3n) is 4.97. The van der Waals surface area contributed by atoms with E-state index < -0.39 is 0 Å². The van der Waals surface area contributed by atoms with Crippen LogP contribution < -0.4 is 0 Å². The molecule has 4 aromatic rings. The average Bonchev–Trinajstić information content (AvgIpc) is 3.12. The van der Waals surface area contributed by atoms with Gasteiger partial charge in [0.15, 0.2) is 5.16 Å². The van der Waals surface area contributed by atoms with E-state index in [1.807, 2.05) is 24.3 Å². The van der Waals surface area contributed by atoms with E-state index >= 15 is 0 Å². The van der Waals surface area contributed by atoms with Gasteiger partial charge in [0.2, 0.25) is 0 Å². The van der Waals surface area contributed by atoms with Gasteiger partial charge in [0.05, 0.1) is 0 Å². The number of hydrogen-bond donors (Lipinski definition) is 0. The lowest BCUT2D eigenvalue weighted by Gasteiger charge is -2.12. The number of rotatable bonds is 6. The van der Waals surface area contributed by atoms with Crippen molar-refractivity contribution < 1.29 is 0 Å². The van der Waals surface area contributed by atoms with Crippen molar-refractivity contribution in [1.82, 2.24) is 14.8 Å². The summed E-state index contributed by atoms with van der Waals surface area (Å²) in [5, 5.41) is 10.7. The van der Waals surface area contributed by atoms with Gasteiger partial charge in [-0.3, -0.25) is 4.57 Å². The van der Waals surface area contributed by atoms with Gasteiger partial charge in [-0.05, 0) is 54.3 Å². The summed E-state index contributed by atoms with van der Waals surface area (Å²) >= 11 is 8.00. The zero-order valence-corrected chi connectivity index (χ0v) is 18.0. The minimum absolute atomic E-state index is 0.730. The van der Waals surface area contributed by atoms with Crippen LogP contribution in [-0.4, -0.2) is 14.8 Å². The van der Waals surface area contributed by atoms with Crippen molar-refractivity contribution in [3.63, 3.8) is 0 Å². The summed E-state index contributed by atoms with van der Waals surface area (Å²) in [7, 11) is 0. The monoisotopic (exact) mass is 419 g/mol. The molecule has 5 heteroatoms. The van der Waals surface area contributed by atoms with Crippen LogP contribution in [-0.2, 0) is 12.2 Å². The lowest BCUT2D eigenvalue weighted by atomic mass is 10.1. The maximum absolute atomic E-state index is 6.34. The molecule has 0 aliphatic carbocycles. The molecule has 29 heavy (non-hydrogen) atoms. The Kier molecular flexibility index (Phi) is 6.02. The Labute approximate surface area is 180 Å². The first-order valence-electron chi connectivity index (χ1n) is 9.54. The molecule has 0 radical (unpaired) electrons. The summed E-state index contributed by atoms with van der Waals surface area (Å²) in [6, 6.07) is 24.8. The topological polar surface area (TPSA) is 30.7 Å². The third kappa shape index (κ3) is 4.55. The van der Waals surface area contributed by atoms with Gasteiger partial charge in [-0.1, -0.05) is 78.0 Å². The second-order valence-corrected chi connectivity index (χ2v) is 8.39. The van der Waals surface area contributed by atoms with E-state index in [0.29, 0.717) is 0 Å². The molecule has 3 nitrogen and oxygen atoms in total. The lowest BCUT2D eigenvalue weighted by molar-refractivity contribution is 0.846. The number of halogens is 1. The maximum Gasteiger partial charge on any atom is 0.196 e. The van der Waals surface area contributed by atoms with Crippen LogP contribution in [0, 0.1) is 13.8 Å². The Hall–Kier alpha value is -2.56. The summed E-state index contributed by atoms with van der Waals surface area (Å²) in [6.45, 7) is 4.26. The van der Waals surface area contributed by atoms with Crippen LogP contribution in [0.5, 0.6) is 0 Å². The van der Waals surface area contributed by atoms with Crippen LogP contribution in [0.1, 0.15) is 28.1 Å². The Morgan fingerprint density at radius 1 is 0.862 bits per heavy atom. The van der Waals surface area contributed by atoms with Crippen LogP contribution in [0.25, 0.3) is 5.69 Å². The molecule has 0 aliphatic heterocycles. The van der Waals surface area contributed by atoms with Gasteiger partial charge in [-0.2, -0.15) is 0 Å². The van der Waals surface area contributed by atoms with E-state index in [2.05, 4.69) is 77.1 Å². The molecule has 0 amide bonds. The molecule has 0 atom stereocenters. The lowest BCUT2D eigenvalue weighted by Crippen LogP contribution is -2.04. The van der Waals surface area contributed by atoms with Crippen molar-refractivity contribution in [3.05, 3.63) is 106 Å². The number of nitrogens with zero attached hydrogens (tertiary/aromatic N) is 3. The fraction of sp³-hybridized carbons (Fsp3) is 0.167. The molecule has 146 valence electrons. The van der Waals surface area contributed by atoms with E-state index in [0.717, 1.165) is 39.4 Å². The standard InChI is InChI=1S/C24H22ClN3S/c1-17-12-13-21(14-18(17)2)28-23(15-19-8-4-3-5-9-19)26-27-24(28)29-16-20-10-6-7-11-22(20)25/h3-14H,15-16H2,1-2H3. The summed E-state index contributed by atoms with van der Waals surface area (Å²) in [4.78, 5) is 0. The van der Waals surface area contributed by atoms with Crippen molar-refractivity contribution in [2.75, 3.05) is 0 Å². The largest absolute Gasteiger partial charge is 0.274 e. The van der Waals surface area contributed by atoms with Crippen molar-refractivity contribution in [1.29, 1.82) is 0 Å². The predicted molar refractivity (Wildman–Crippen MR) is 121 cm³/mol. The molecule has 3 aromatic carbocycles. The summed E-state index contributed by atoms with van der Waals surface area (Å²) in [5.41, 5.74) is 5.93. The normalized spacial score (nSPS) is 11.0. The van der Waals surface area contributed by atoms with Crippen LogP contribution in [0.15, 0.2) is 78.0 Å². The SMILES string of the molecule is Cc1ccc(-n2c(Cc3ccccc3)nnc2SCc2ccccc2Cl)cc1C. The van der Waals surface area contributed by atoms with Gasteiger partial charge in [0, 0.05) is 22.9 Å². The Bertz CT molecular complexity index is 1120. The summed E-state index contributed by atoms with van der Waals surface area (Å²) in [6.07, 6.45) is 0.730.